The Labute approximate surface area is 128 Å². The van der Waals surface area contributed by atoms with Gasteiger partial charge in [-0.15, -0.1) is 0 Å². The Morgan fingerprint density at radius 2 is 2.00 bits per heavy atom. The molecule has 0 aromatic carbocycles. The molecule has 5 nitrogen and oxygen atoms in total. The molecular formula is C16H30N2O3. The second-order valence-electron chi connectivity index (χ2n) is 6.56. The van der Waals surface area contributed by atoms with Crippen LogP contribution in [0.2, 0.25) is 0 Å². The summed E-state index contributed by atoms with van der Waals surface area (Å²) in [6.45, 7) is 7.87. The second-order valence-corrected chi connectivity index (χ2v) is 6.56. The summed E-state index contributed by atoms with van der Waals surface area (Å²) in [6.07, 6.45) is 4.65. The average molecular weight is 298 g/mol. The molecule has 0 bridgehead atoms. The molecule has 1 rings (SSSR count). The van der Waals surface area contributed by atoms with Gasteiger partial charge in [0, 0.05) is 0 Å². The first-order valence-electron chi connectivity index (χ1n) is 8.10. The molecule has 122 valence electrons. The van der Waals surface area contributed by atoms with Crippen LogP contribution < -0.4 is 11.1 Å². The van der Waals surface area contributed by atoms with Gasteiger partial charge in [0.05, 0.1) is 6.10 Å². The second kappa shape index (κ2) is 8.37. The Hall–Kier alpha value is -1.10. The summed E-state index contributed by atoms with van der Waals surface area (Å²) in [6, 6.07) is -0.638. The van der Waals surface area contributed by atoms with Crippen LogP contribution in [0.3, 0.4) is 0 Å². The summed E-state index contributed by atoms with van der Waals surface area (Å²) in [5.41, 5.74) is 5.34. The lowest BCUT2D eigenvalue weighted by molar-refractivity contribution is -0.142. The van der Waals surface area contributed by atoms with Gasteiger partial charge in [-0.25, -0.2) is 0 Å². The van der Waals surface area contributed by atoms with Gasteiger partial charge in [-0.1, -0.05) is 40.5 Å². The number of carbonyl (C=O) groups is 2. The maximum absolute atomic E-state index is 12.3. The molecule has 0 aromatic heterocycles. The van der Waals surface area contributed by atoms with Crippen molar-refractivity contribution in [2.75, 3.05) is 0 Å². The number of ether oxygens (including phenoxy) is 1. The summed E-state index contributed by atoms with van der Waals surface area (Å²) in [5, 5.41) is 2.73. The predicted molar refractivity (Wildman–Crippen MR) is 82.5 cm³/mol. The third kappa shape index (κ3) is 5.65. The van der Waals surface area contributed by atoms with Gasteiger partial charge in [0.2, 0.25) is 11.8 Å². The molecule has 4 unspecified atom stereocenters. The normalized spacial score (nSPS) is 25.4. The molecule has 0 radical (unpaired) electrons. The first-order valence-corrected chi connectivity index (χ1v) is 8.10. The van der Waals surface area contributed by atoms with Crippen LogP contribution in [0.5, 0.6) is 0 Å². The van der Waals surface area contributed by atoms with E-state index < -0.39 is 18.1 Å². The van der Waals surface area contributed by atoms with Gasteiger partial charge in [-0.3, -0.25) is 9.59 Å². The van der Waals surface area contributed by atoms with Crippen LogP contribution in [0.15, 0.2) is 0 Å². The van der Waals surface area contributed by atoms with Crippen molar-refractivity contribution in [2.45, 2.75) is 78.0 Å². The highest BCUT2D eigenvalue weighted by molar-refractivity contribution is 5.88. The van der Waals surface area contributed by atoms with Crippen molar-refractivity contribution in [1.82, 2.24) is 5.32 Å². The SMILES string of the molecule is CCC(OC1CCCC(C)C1)C(=O)NC(C(N)=O)C(C)C. The summed E-state index contributed by atoms with van der Waals surface area (Å²) in [7, 11) is 0. The molecule has 0 spiro atoms. The molecule has 1 fully saturated rings. The van der Waals surface area contributed by atoms with Gasteiger partial charge < -0.3 is 15.8 Å². The van der Waals surface area contributed by atoms with Crippen molar-refractivity contribution in [3.8, 4) is 0 Å². The summed E-state index contributed by atoms with van der Waals surface area (Å²) >= 11 is 0. The third-order valence-electron chi connectivity index (χ3n) is 4.18. The summed E-state index contributed by atoms with van der Waals surface area (Å²) < 4.78 is 5.97. The summed E-state index contributed by atoms with van der Waals surface area (Å²) in [4.78, 5) is 23.7. The number of amides is 2. The van der Waals surface area contributed by atoms with Crippen molar-refractivity contribution in [3.63, 3.8) is 0 Å². The molecule has 0 aliphatic heterocycles. The van der Waals surface area contributed by atoms with Gasteiger partial charge in [0.25, 0.3) is 0 Å². The van der Waals surface area contributed by atoms with Crippen LogP contribution >= 0.6 is 0 Å². The van der Waals surface area contributed by atoms with E-state index in [2.05, 4.69) is 12.2 Å². The van der Waals surface area contributed by atoms with E-state index in [1.54, 1.807) is 0 Å². The first-order chi connectivity index (χ1) is 9.85. The lowest BCUT2D eigenvalue weighted by atomic mass is 9.88. The smallest absolute Gasteiger partial charge is 0.249 e. The Morgan fingerprint density at radius 3 is 2.48 bits per heavy atom. The van der Waals surface area contributed by atoms with E-state index in [0.29, 0.717) is 12.3 Å². The van der Waals surface area contributed by atoms with Gasteiger partial charge >= 0.3 is 0 Å². The van der Waals surface area contributed by atoms with Gasteiger partial charge in [-0.05, 0) is 31.1 Å². The van der Waals surface area contributed by atoms with Crippen molar-refractivity contribution < 1.29 is 14.3 Å². The highest BCUT2D eigenvalue weighted by atomic mass is 16.5. The van der Waals surface area contributed by atoms with Gasteiger partial charge in [0.1, 0.15) is 12.1 Å². The Kier molecular flexibility index (Phi) is 7.15. The number of carbonyl (C=O) groups excluding carboxylic acids is 2. The number of hydrogen-bond donors (Lipinski definition) is 2. The fourth-order valence-corrected chi connectivity index (χ4v) is 2.89. The minimum absolute atomic E-state index is 0.0290. The number of hydrogen-bond acceptors (Lipinski definition) is 3. The van der Waals surface area contributed by atoms with E-state index >= 15 is 0 Å². The summed E-state index contributed by atoms with van der Waals surface area (Å²) in [5.74, 6) is -0.107. The Morgan fingerprint density at radius 1 is 1.33 bits per heavy atom. The molecule has 0 heterocycles. The van der Waals surface area contributed by atoms with E-state index in [0.717, 1.165) is 19.3 Å². The maximum atomic E-state index is 12.3. The Balaban J connectivity index is 2.57. The topological polar surface area (TPSA) is 81.4 Å². The predicted octanol–water partition coefficient (Wildman–Crippen LogP) is 1.99. The number of nitrogens with one attached hydrogen (secondary N) is 1. The zero-order valence-corrected chi connectivity index (χ0v) is 13.7. The van der Waals surface area contributed by atoms with Crippen LogP contribution in [0.1, 0.15) is 59.8 Å². The fraction of sp³-hybridized carbons (Fsp3) is 0.875. The van der Waals surface area contributed by atoms with Gasteiger partial charge in [-0.2, -0.15) is 0 Å². The largest absolute Gasteiger partial charge is 0.368 e. The number of nitrogens with two attached hydrogens (primary N) is 1. The van der Waals surface area contributed by atoms with E-state index in [1.807, 2.05) is 20.8 Å². The molecule has 2 amide bonds. The van der Waals surface area contributed by atoms with Crippen molar-refractivity contribution in [2.24, 2.45) is 17.6 Å². The minimum atomic E-state index is -0.638. The van der Waals surface area contributed by atoms with E-state index in [1.165, 1.54) is 6.42 Å². The van der Waals surface area contributed by atoms with Gasteiger partial charge in [0.15, 0.2) is 0 Å². The van der Waals surface area contributed by atoms with Crippen LogP contribution in [0.25, 0.3) is 0 Å². The lowest BCUT2D eigenvalue weighted by Gasteiger charge is -2.30. The quantitative estimate of drug-likeness (QED) is 0.754. The van der Waals surface area contributed by atoms with Crippen LogP contribution in [-0.4, -0.2) is 30.1 Å². The molecule has 1 saturated carbocycles. The van der Waals surface area contributed by atoms with Crippen molar-refractivity contribution in [3.05, 3.63) is 0 Å². The van der Waals surface area contributed by atoms with Crippen molar-refractivity contribution in [1.29, 1.82) is 0 Å². The number of rotatable bonds is 7. The average Bonchev–Trinajstić information content (AvgIpc) is 2.41. The highest BCUT2D eigenvalue weighted by Crippen LogP contribution is 2.27. The zero-order valence-electron chi connectivity index (χ0n) is 13.7. The molecule has 5 heteroatoms. The molecule has 21 heavy (non-hydrogen) atoms. The Bertz CT molecular complexity index is 357. The molecule has 0 aromatic rings. The van der Waals surface area contributed by atoms with E-state index in [4.69, 9.17) is 10.5 Å². The monoisotopic (exact) mass is 298 g/mol. The minimum Gasteiger partial charge on any atom is -0.368 e. The molecular weight excluding hydrogens is 268 g/mol. The third-order valence-corrected chi connectivity index (χ3v) is 4.18. The van der Waals surface area contributed by atoms with Crippen LogP contribution in [0.4, 0.5) is 0 Å². The highest BCUT2D eigenvalue weighted by Gasteiger charge is 2.29. The molecule has 3 N–H and O–H groups in total. The van der Waals surface area contributed by atoms with Crippen LogP contribution in [-0.2, 0) is 14.3 Å². The molecule has 4 atom stereocenters. The number of primary amides is 1. The standard InChI is InChI=1S/C16H30N2O3/c1-5-13(21-12-8-6-7-11(4)9-12)16(20)18-14(10(2)3)15(17)19/h10-14H,5-9H2,1-4H3,(H2,17,19)(H,18,20). The van der Waals surface area contributed by atoms with E-state index in [-0.39, 0.29) is 17.9 Å². The van der Waals surface area contributed by atoms with Crippen LogP contribution in [0, 0.1) is 11.8 Å². The molecule has 0 saturated heterocycles. The zero-order chi connectivity index (χ0) is 16.0. The first kappa shape index (κ1) is 18.0. The van der Waals surface area contributed by atoms with Crippen molar-refractivity contribution >= 4 is 11.8 Å². The fourth-order valence-electron chi connectivity index (χ4n) is 2.89. The molecule has 1 aliphatic carbocycles. The van der Waals surface area contributed by atoms with E-state index in [9.17, 15) is 9.59 Å². The lowest BCUT2D eigenvalue weighted by Crippen LogP contribution is -2.51. The molecule has 1 aliphatic rings. The maximum Gasteiger partial charge on any atom is 0.249 e.